The predicted molar refractivity (Wildman–Crippen MR) is 63.1 cm³/mol. The second-order valence-electron chi connectivity index (χ2n) is 3.83. The Morgan fingerprint density at radius 2 is 2.05 bits per heavy atom. The van der Waals surface area contributed by atoms with Crippen LogP contribution in [0.2, 0.25) is 0 Å². The van der Waals surface area contributed by atoms with Crippen molar-refractivity contribution in [1.29, 1.82) is 0 Å². The molecule has 0 radical (unpaired) electrons. The molecule has 8 heteroatoms. The van der Waals surface area contributed by atoms with Crippen molar-refractivity contribution >= 4 is 5.97 Å². The fourth-order valence-electron chi connectivity index (χ4n) is 1.43. The highest BCUT2D eigenvalue weighted by molar-refractivity contribution is 5.90. The third-order valence-electron chi connectivity index (χ3n) is 2.24. The van der Waals surface area contributed by atoms with Crippen molar-refractivity contribution in [2.45, 2.75) is 33.1 Å². The van der Waals surface area contributed by atoms with E-state index in [9.17, 15) is 18.0 Å². The quantitative estimate of drug-likeness (QED) is 0.753. The lowest BCUT2D eigenvalue weighted by Crippen LogP contribution is -2.18. The van der Waals surface area contributed by atoms with Gasteiger partial charge in [0.15, 0.2) is 5.82 Å². The standard InChI is InChI=1S/C12H15F3N2O3/c1-3-9-8(11(18)20-4-2)5-16-10(17-9)6-19-7-12(13,14)15/h5H,3-4,6-7H2,1-2H3. The van der Waals surface area contributed by atoms with Gasteiger partial charge in [-0.15, -0.1) is 0 Å². The number of aromatic nitrogens is 2. The van der Waals surface area contributed by atoms with Crippen LogP contribution in [0, 0.1) is 0 Å². The number of ether oxygens (including phenoxy) is 2. The maximum Gasteiger partial charge on any atom is 0.411 e. The van der Waals surface area contributed by atoms with Crippen molar-refractivity contribution in [1.82, 2.24) is 9.97 Å². The largest absolute Gasteiger partial charge is 0.462 e. The number of nitrogens with zero attached hydrogens (tertiary/aromatic N) is 2. The highest BCUT2D eigenvalue weighted by atomic mass is 19.4. The molecule has 0 aliphatic carbocycles. The topological polar surface area (TPSA) is 61.3 Å². The molecule has 0 aliphatic heterocycles. The molecule has 0 aromatic carbocycles. The summed E-state index contributed by atoms with van der Waals surface area (Å²) in [5.41, 5.74) is 0.637. The Balaban J connectivity index is 2.74. The summed E-state index contributed by atoms with van der Waals surface area (Å²) in [6, 6.07) is 0. The van der Waals surface area contributed by atoms with Crippen LogP contribution < -0.4 is 0 Å². The average Bonchev–Trinajstić information content (AvgIpc) is 2.37. The monoisotopic (exact) mass is 292 g/mol. The van der Waals surface area contributed by atoms with E-state index in [0.717, 1.165) is 0 Å². The van der Waals surface area contributed by atoms with Crippen LogP contribution in [0.15, 0.2) is 6.20 Å². The van der Waals surface area contributed by atoms with Crippen LogP contribution in [0.4, 0.5) is 13.2 Å². The number of alkyl halides is 3. The molecule has 0 aliphatic rings. The van der Waals surface area contributed by atoms with Gasteiger partial charge in [-0.25, -0.2) is 14.8 Å². The first-order valence-electron chi connectivity index (χ1n) is 6.03. The van der Waals surface area contributed by atoms with Crippen LogP contribution in [0.5, 0.6) is 0 Å². The van der Waals surface area contributed by atoms with Crippen molar-refractivity contribution in [3.05, 3.63) is 23.3 Å². The van der Waals surface area contributed by atoms with Crippen molar-refractivity contribution in [2.75, 3.05) is 13.2 Å². The van der Waals surface area contributed by atoms with Gasteiger partial charge in [0.05, 0.1) is 17.9 Å². The number of halogens is 3. The Labute approximate surface area is 114 Å². The number of rotatable bonds is 6. The summed E-state index contributed by atoms with van der Waals surface area (Å²) in [4.78, 5) is 19.4. The van der Waals surface area contributed by atoms with E-state index in [1.165, 1.54) is 6.20 Å². The van der Waals surface area contributed by atoms with Crippen LogP contribution in [0.25, 0.3) is 0 Å². The lowest BCUT2D eigenvalue weighted by Gasteiger charge is -2.09. The fourth-order valence-corrected chi connectivity index (χ4v) is 1.43. The number of hydrogen-bond donors (Lipinski definition) is 0. The van der Waals surface area contributed by atoms with E-state index >= 15 is 0 Å². The lowest BCUT2D eigenvalue weighted by molar-refractivity contribution is -0.177. The molecule has 0 unspecified atom stereocenters. The maximum atomic E-state index is 11.9. The normalized spacial score (nSPS) is 11.4. The smallest absolute Gasteiger partial charge is 0.411 e. The van der Waals surface area contributed by atoms with Gasteiger partial charge in [-0.1, -0.05) is 6.92 Å². The van der Waals surface area contributed by atoms with Crippen LogP contribution in [-0.2, 0) is 22.5 Å². The van der Waals surface area contributed by atoms with Gasteiger partial charge in [-0.2, -0.15) is 13.2 Å². The fraction of sp³-hybridized carbons (Fsp3) is 0.583. The van der Waals surface area contributed by atoms with E-state index < -0.39 is 18.8 Å². The van der Waals surface area contributed by atoms with E-state index in [2.05, 4.69) is 14.7 Å². The molecular weight excluding hydrogens is 277 g/mol. The van der Waals surface area contributed by atoms with Crippen LogP contribution in [0.3, 0.4) is 0 Å². The lowest BCUT2D eigenvalue weighted by atomic mass is 10.2. The number of aryl methyl sites for hydroxylation is 1. The molecule has 0 spiro atoms. The molecule has 0 bridgehead atoms. The molecule has 1 rings (SSSR count). The van der Waals surface area contributed by atoms with E-state index in [1.807, 2.05) is 0 Å². The molecule has 0 amide bonds. The minimum atomic E-state index is -4.39. The molecule has 1 heterocycles. The third kappa shape index (κ3) is 5.12. The Bertz CT molecular complexity index is 464. The molecule has 0 fully saturated rings. The third-order valence-corrected chi connectivity index (χ3v) is 2.24. The molecule has 20 heavy (non-hydrogen) atoms. The summed E-state index contributed by atoms with van der Waals surface area (Å²) in [7, 11) is 0. The van der Waals surface area contributed by atoms with Gasteiger partial charge in [0.25, 0.3) is 0 Å². The van der Waals surface area contributed by atoms with Crippen molar-refractivity contribution in [3.63, 3.8) is 0 Å². The Hall–Kier alpha value is -1.70. The van der Waals surface area contributed by atoms with Crippen molar-refractivity contribution in [3.8, 4) is 0 Å². The van der Waals surface area contributed by atoms with Crippen LogP contribution >= 0.6 is 0 Å². The SMILES string of the molecule is CCOC(=O)c1cnc(COCC(F)(F)F)nc1CC. The minimum Gasteiger partial charge on any atom is -0.462 e. The summed E-state index contributed by atoms with van der Waals surface area (Å²) in [5.74, 6) is -0.453. The van der Waals surface area contributed by atoms with Gasteiger partial charge in [0.1, 0.15) is 13.2 Å². The van der Waals surface area contributed by atoms with Gasteiger partial charge in [0, 0.05) is 6.20 Å². The number of hydrogen-bond acceptors (Lipinski definition) is 5. The number of carbonyl (C=O) groups is 1. The van der Waals surface area contributed by atoms with E-state index in [0.29, 0.717) is 12.1 Å². The first-order chi connectivity index (χ1) is 9.37. The molecule has 5 nitrogen and oxygen atoms in total. The van der Waals surface area contributed by atoms with Gasteiger partial charge in [0.2, 0.25) is 0 Å². The molecular formula is C12H15F3N2O3. The molecule has 0 atom stereocenters. The predicted octanol–water partition coefficient (Wildman–Crippen LogP) is 2.29. The van der Waals surface area contributed by atoms with Gasteiger partial charge in [-0.05, 0) is 13.3 Å². The minimum absolute atomic E-state index is 0.0964. The van der Waals surface area contributed by atoms with Gasteiger partial charge < -0.3 is 9.47 Å². The Morgan fingerprint density at radius 3 is 2.60 bits per heavy atom. The summed E-state index contributed by atoms with van der Waals surface area (Å²) >= 11 is 0. The molecule has 0 N–H and O–H groups in total. The first kappa shape index (κ1) is 16.4. The van der Waals surface area contributed by atoms with Crippen molar-refractivity contribution in [2.24, 2.45) is 0 Å². The molecule has 1 aromatic heterocycles. The summed E-state index contributed by atoms with van der Waals surface area (Å²) in [6.07, 6.45) is -2.71. The van der Waals surface area contributed by atoms with Crippen molar-refractivity contribution < 1.29 is 27.4 Å². The molecule has 0 saturated heterocycles. The van der Waals surface area contributed by atoms with E-state index in [4.69, 9.17) is 4.74 Å². The summed E-state index contributed by atoms with van der Waals surface area (Å²) in [6.45, 7) is 1.93. The van der Waals surface area contributed by atoms with Crippen LogP contribution in [-0.4, -0.2) is 35.3 Å². The van der Waals surface area contributed by atoms with Gasteiger partial charge in [-0.3, -0.25) is 0 Å². The van der Waals surface area contributed by atoms with Crippen LogP contribution in [0.1, 0.15) is 35.7 Å². The zero-order chi connectivity index (χ0) is 15.2. The first-order valence-corrected chi connectivity index (χ1v) is 6.03. The Kier molecular flexibility index (Phi) is 5.87. The summed E-state index contributed by atoms with van der Waals surface area (Å²) < 4.78 is 45.1. The zero-order valence-electron chi connectivity index (χ0n) is 11.2. The van der Waals surface area contributed by atoms with E-state index in [-0.39, 0.29) is 24.6 Å². The molecule has 1 aromatic rings. The second kappa shape index (κ2) is 7.18. The highest BCUT2D eigenvalue weighted by Gasteiger charge is 2.27. The zero-order valence-corrected chi connectivity index (χ0v) is 11.2. The second-order valence-corrected chi connectivity index (χ2v) is 3.83. The van der Waals surface area contributed by atoms with E-state index in [1.54, 1.807) is 13.8 Å². The van der Waals surface area contributed by atoms with Gasteiger partial charge >= 0.3 is 12.1 Å². The molecule has 112 valence electrons. The average molecular weight is 292 g/mol. The molecule has 0 saturated carbocycles. The highest BCUT2D eigenvalue weighted by Crippen LogP contribution is 2.15. The number of carbonyl (C=O) groups excluding carboxylic acids is 1. The Morgan fingerprint density at radius 1 is 1.35 bits per heavy atom. The number of esters is 1. The summed E-state index contributed by atoms with van der Waals surface area (Å²) in [5, 5.41) is 0. The maximum absolute atomic E-state index is 11.9.